The Hall–Kier alpha value is -2.04. The van der Waals surface area contributed by atoms with E-state index in [0.29, 0.717) is 13.0 Å². The summed E-state index contributed by atoms with van der Waals surface area (Å²) in [6, 6.07) is 9.60. The smallest absolute Gasteiger partial charge is 0.407 e. The SMILES string of the molecule is CC(C)(C)CC(=O)NCC1(NC(=O)OCc2ccccc2)CCCC1. The molecule has 0 aliphatic heterocycles. The van der Waals surface area contributed by atoms with Crippen LogP contribution in [0.15, 0.2) is 30.3 Å². The lowest BCUT2D eigenvalue weighted by atomic mass is 9.91. The molecule has 1 aliphatic rings. The van der Waals surface area contributed by atoms with E-state index in [0.717, 1.165) is 31.2 Å². The topological polar surface area (TPSA) is 67.4 Å². The average molecular weight is 346 g/mol. The zero-order chi connectivity index (χ0) is 18.3. The van der Waals surface area contributed by atoms with Gasteiger partial charge in [0.2, 0.25) is 5.91 Å². The van der Waals surface area contributed by atoms with Crippen molar-refractivity contribution in [1.29, 1.82) is 0 Å². The molecule has 1 aliphatic carbocycles. The van der Waals surface area contributed by atoms with E-state index in [9.17, 15) is 9.59 Å². The van der Waals surface area contributed by atoms with Crippen molar-refractivity contribution in [3.8, 4) is 0 Å². The maximum atomic E-state index is 12.2. The number of carbonyl (C=O) groups is 2. The van der Waals surface area contributed by atoms with Crippen molar-refractivity contribution < 1.29 is 14.3 Å². The monoisotopic (exact) mass is 346 g/mol. The summed E-state index contributed by atoms with van der Waals surface area (Å²) in [5.41, 5.74) is 0.521. The fourth-order valence-corrected chi connectivity index (χ4v) is 3.19. The van der Waals surface area contributed by atoms with Gasteiger partial charge in [0.25, 0.3) is 0 Å². The molecule has 0 aromatic heterocycles. The van der Waals surface area contributed by atoms with Crippen molar-refractivity contribution in [2.24, 2.45) is 5.41 Å². The Morgan fingerprint density at radius 2 is 1.76 bits per heavy atom. The summed E-state index contributed by atoms with van der Waals surface area (Å²) in [5.74, 6) is 0.0261. The van der Waals surface area contributed by atoms with E-state index in [1.54, 1.807) is 0 Å². The Bertz CT molecular complexity index is 572. The van der Waals surface area contributed by atoms with Crippen LogP contribution in [0, 0.1) is 5.41 Å². The Labute approximate surface area is 150 Å². The van der Waals surface area contributed by atoms with Crippen LogP contribution in [0.3, 0.4) is 0 Å². The number of hydrogen-bond acceptors (Lipinski definition) is 3. The van der Waals surface area contributed by atoms with Gasteiger partial charge < -0.3 is 15.4 Å². The molecule has 1 aromatic carbocycles. The van der Waals surface area contributed by atoms with Crippen LogP contribution in [0.5, 0.6) is 0 Å². The van der Waals surface area contributed by atoms with Gasteiger partial charge in [-0.15, -0.1) is 0 Å². The van der Waals surface area contributed by atoms with Crippen molar-refractivity contribution in [3.63, 3.8) is 0 Å². The molecular weight excluding hydrogens is 316 g/mol. The maximum absolute atomic E-state index is 12.2. The minimum absolute atomic E-state index is 0.0261. The number of nitrogens with one attached hydrogen (secondary N) is 2. The highest BCUT2D eigenvalue weighted by Gasteiger charge is 2.36. The van der Waals surface area contributed by atoms with Gasteiger partial charge >= 0.3 is 6.09 Å². The van der Waals surface area contributed by atoms with E-state index in [1.807, 2.05) is 51.1 Å². The molecule has 0 atom stereocenters. The van der Waals surface area contributed by atoms with Crippen LogP contribution in [0.2, 0.25) is 0 Å². The Kier molecular flexibility index (Phi) is 6.45. The van der Waals surface area contributed by atoms with E-state index in [4.69, 9.17) is 4.74 Å². The zero-order valence-electron chi connectivity index (χ0n) is 15.6. The lowest BCUT2D eigenvalue weighted by Gasteiger charge is -2.30. The Morgan fingerprint density at radius 3 is 2.36 bits per heavy atom. The highest BCUT2D eigenvalue weighted by Crippen LogP contribution is 2.29. The third kappa shape index (κ3) is 6.77. The summed E-state index contributed by atoms with van der Waals surface area (Å²) in [4.78, 5) is 24.3. The molecule has 2 rings (SSSR count). The first kappa shape index (κ1) is 19.3. The van der Waals surface area contributed by atoms with Crippen molar-refractivity contribution in [1.82, 2.24) is 10.6 Å². The third-order valence-electron chi connectivity index (χ3n) is 4.46. The molecule has 0 unspecified atom stereocenters. The summed E-state index contributed by atoms with van der Waals surface area (Å²) in [5, 5.41) is 6.00. The van der Waals surface area contributed by atoms with Gasteiger partial charge in [0.1, 0.15) is 6.61 Å². The Balaban J connectivity index is 1.84. The van der Waals surface area contributed by atoms with Gasteiger partial charge in [-0.25, -0.2) is 4.79 Å². The zero-order valence-corrected chi connectivity index (χ0v) is 15.6. The van der Waals surface area contributed by atoms with Gasteiger partial charge in [-0.3, -0.25) is 4.79 Å². The van der Waals surface area contributed by atoms with Crippen LogP contribution in [-0.4, -0.2) is 24.1 Å². The molecule has 0 heterocycles. The molecule has 0 bridgehead atoms. The van der Waals surface area contributed by atoms with Gasteiger partial charge in [-0.05, 0) is 23.8 Å². The highest BCUT2D eigenvalue weighted by atomic mass is 16.5. The number of hydrogen-bond donors (Lipinski definition) is 2. The number of rotatable bonds is 6. The molecule has 0 radical (unpaired) electrons. The van der Waals surface area contributed by atoms with E-state index in [-0.39, 0.29) is 23.5 Å². The standard InChI is InChI=1S/C20H30N2O3/c1-19(2,3)13-17(23)21-15-20(11-7-8-12-20)22-18(24)25-14-16-9-5-4-6-10-16/h4-6,9-10H,7-8,11-15H2,1-3H3,(H,21,23)(H,22,24). The Morgan fingerprint density at radius 1 is 1.12 bits per heavy atom. The molecule has 1 aromatic rings. The third-order valence-corrected chi connectivity index (χ3v) is 4.46. The molecule has 0 spiro atoms. The van der Waals surface area contributed by atoms with Crippen LogP contribution < -0.4 is 10.6 Å². The number of amides is 2. The predicted octanol–water partition coefficient (Wildman–Crippen LogP) is 3.78. The van der Waals surface area contributed by atoms with Crippen molar-refractivity contribution in [2.75, 3.05) is 6.54 Å². The molecule has 1 saturated carbocycles. The second-order valence-electron chi connectivity index (χ2n) is 8.19. The normalized spacial score (nSPS) is 16.3. The number of alkyl carbamates (subject to hydrolysis) is 1. The summed E-state index contributed by atoms with van der Waals surface area (Å²) in [6.45, 7) is 6.83. The molecule has 2 N–H and O–H groups in total. The predicted molar refractivity (Wildman–Crippen MR) is 98.0 cm³/mol. The van der Waals surface area contributed by atoms with Crippen LogP contribution in [0.4, 0.5) is 4.79 Å². The van der Waals surface area contributed by atoms with E-state index < -0.39 is 6.09 Å². The molecule has 1 fully saturated rings. The fourth-order valence-electron chi connectivity index (χ4n) is 3.19. The van der Waals surface area contributed by atoms with Crippen LogP contribution in [0.25, 0.3) is 0 Å². The summed E-state index contributed by atoms with van der Waals surface area (Å²) < 4.78 is 5.34. The van der Waals surface area contributed by atoms with Gasteiger partial charge in [0, 0.05) is 13.0 Å². The van der Waals surface area contributed by atoms with Crippen LogP contribution in [-0.2, 0) is 16.1 Å². The first-order chi connectivity index (χ1) is 11.8. The average Bonchev–Trinajstić information content (AvgIpc) is 2.99. The summed E-state index contributed by atoms with van der Waals surface area (Å²) in [7, 11) is 0. The second kappa shape index (κ2) is 8.37. The lowest BCUT2D eigenvalue weighted by Crippen LogP contribution is -2.54. The van der Waals surface area contributed by atoms with Crippen LogP contribution >= 0.6 is 0 Å². The molecule has 25 heavy (non-hydrogen) atoms. The number of carbonyl (C=O) groups excluding carboxylic acids is 2. The minimum atomic E-state index is -0.421. The van der Waals surface area contributed by atoms with Crippen molar-refractivity contribution >= 4 is 12.0 Å². The molecule has 0 saturated heterocycles. The van der Waals surface area contributed by atoms with Gasteiger partial charge in [0.05, 0.1) is 5.54 Å². The first-order valence-electron chi connectivity index (χ1n) is 9.04. The minimum Gasteiger partial charge on any atom is -0.445 e. The molecule has 5 heteroatoms. The van der Waals surface area contributed by atoms with Gasteiger partial charge in [0.15, 0.2) is 0 Å². The van der Waals surface area contributed by atoms with Crippen LogP contribution in [0.1, 0.15) is 58.4 Å². The van der Waals surface area contributed by atoms with Crippen molar-refractivity contribution in [2.45, 2.75) is 65.0 Å². The summed E-state index contributed by atoms with van der Waals surface area (Å²) in [6.07, 6.45) is 3.88. The van der Waals surface area contributed by atoms with E-state index >= 15 is 0 Å². The van der Waals surface area contributed by atoms with Gasteiger partial charge in [-0.1, -0.05) is 63.9 Å². The highest BCUT2D eigenvalue weighted by molar-refractivity contribution is 5.76. The lowest BCUT2D eigenvalue weighted by molar-refractivity contribution is -0.123. The quantitative estimate of drug-likeness (QED) is 0.824. The van der Waals surface area contributed by atoms with E-state index in [1.165, 1.54) is 0 Å². The number of ether oxygens (including phenoxy) is 1. The molecular formula is C20H30N2O3. The molecule has 2 amide bonds. The summed E-state index contributed by atoms with van der Waals surface area (Å²) >= 11 is 0. The number of benzene rings is 1. The maximum Gasteiger partial charge on any atom is 0.407 e. The first-order valence-corrected chi connectivity index (χ1v) is 9.04. The van der Waals surface area contributed by atoms with Crippen molar-refractivity contribution in [3.05, 3.63) is 35.9 Å². The largest absolute Gasteiger partial charge is 0.445 e. The molecule has 138 valence electrons. The van der Waals surface area contributed by atoms with Gasteiger partial charge in [-0.2, -0.15) is 0 Å². The molecule has 5 nitrogen and oxygen atoms in total. The fraction of sp³-hybridized carbons (Fsp3) is 0.600. The van der Waals surface area contributed by atoms with E-state index in [2.05, 4.69) is 10.6 Å². The second-order valence-corrected chi connectivity index (χ2v) is 8.19.